The van der Waals surface area contributed by atoms with Crippen molar-refractivity contribution >= 4 is 11.1 Å². The van der Waals surface area contributed by atoms with Crippen molar-refractivity contribution in [3.8, 4) is 11.5 Å². The summed E-state index contributed by atoms with van der Waals surface area (Å²) >= 11 is 0. The van der Waals surface area contributed by atoms with E-state index < -0.39 is 0 Å². The molecule has 0 bridgehead atoms. The maximum atomic E-state index is 6.03. The van der Waals surface area contributed by atoms with Crippen LogP contribution in [0.25, 0.3) is 11.1 Å². The molecule has 6 heteroatoms. The van der Waals surface area contributed by atoms with Gasteiger partial charge in [-0.3, -0.25) is 0 Å². The average molecular weight is 553 g/mol. The highest BCUT2D eigenvalue weighted by Crippen LogP contribution is 2.37. The lowest BCUT2D eigenvalue weighted by Crippen LogP contribution is -2.06. The minimum absolute atomic E-state index is 0.573. The highest BCUT2D eigenvalue weighted by Gasteiger charge is 2.16. The molecule has 0 aliphatic rings. The lowest BCUT2D eigenvalue weighted by Gasteiger charge is -2.19. The van der Waals surface area contributed by atoms with Gasteiger partial charge in [0.25, 0.3) is 0 Å². The van der Waals surface area contributed by atoms with Crippen molar-refractivity contribution in [1.29, 1.82) is 0 Å². The summed E-state index contributed by atoms with van der Waals surface area (Å²) in [5, 5.41) is 0. The smallest absolute Gasteiger partial charge is 0.119 e. The van der Waals surface area contributed by atoms with Crippen molar-refractivity contribution in [1.82, 2.24) is 19.1 Å². The van der Waals surface area contributed by atoms with Crippen molar-refractivity contribution in [3.05, 3.63) is 169 Å². The zero-order valence-corrected chi connectivity index (χ0v) is 23.3. The van der Waals surface area contributed by atoms with E-state index in [4.69, 9.17) is 9.47 Å². The van der Waals surface area contributed by atoms with Crippen LogP contribution in [0.1, 0.15) is 22.3 Å². The molecule has 4 aromatic carbocycles. The Hall–Kier alpha value is -5.36. The van der Waals surface area contributed by atoms with Crippen LogP contribution >= 0.6 is 0 Å². The van der Waals surface area contributed by atoms with E-state index in [1.807, 2.05) is 45.8 Å². The zero-order chi connectivity index (χ0) is 28.4. The molecule has 0 aliphatic heterocycles. The van der Waals surface area contributed by atoms with Gasteiger partial charge >= 0.3 is 0 Å². The molecule has 0 spiro atoms. The summed E-state index contributed by atoms with van der Waals surface area (Å²) in [6, 6.07) is 37.9. The van der Waals surface area contributed by atoms with Gasteiger partial charge in [0.15, 0.2) is 0 Å². The first-order chi connectivity index (χ1) is 20.8. The second-order valence-corrected chi connectivity index (χ2v) is 9.83. The zero-order valence-electron chi connectivity index (χ0n) is 23.3. The first-order valence-electron chi connectivity index (χ1n) is 14.1. The van der Waals surface area contributed by atoms with E-state index in [0.29, 0.717) is 13.2 Å². The van der Waals surface area contributed by atoms with Gasteiger partial charge in [-0.2, -0.15) is 0 Å². The topological polar surface area (TPSA) is 54.1 Å². The monoisotopic (exact) mass is 552 g/mol. The van der Waals surface area contributed by atoms with Gasteiger partial charge < -0.3 is 18.6 Å². The first-order valence-corrected chi connectivity index (χ1v) is 14.1. The van der Waals surface area contributed by atoms with Gasteiger partial charge in [-0.1, -0.05) is 84.9 Å². The van der Waals surface area contributed by atoms with Gasteiger partial charge in [0, 0.05) is 24.8 Å². The molecule has 0 unspecified atom stereocenters. The van der Waals surface area contributed by atoms with Crippen LogP contribution < -0.4 is 9.47 Å². The fourth-order valence-electron chi connectivity index (χ4n) is 4.93. The molecule has 0 radical (unpaired) electrons. The maximum Gasteiger partial charge on any atom is 0.119 e. The number of hydrogen-bond acceptors (Lipinski definition) is 4. The van der Waals surface area contributed by atoms with Crippen LogP contribution in [0.15, 0.2) is 147 Å². The van der Waals surface area contributed by atoms with E-state index >= 15 is 0 Å². The summed E-state index contributed by atoms with van der Waals surface area (Å²) in [6.45, 7) is 2.64. The van der Waals surface area contributed by atoms with Crippen molar-refractivity contribution in [2.45, 2.75) is 13.1 Å². The second-order valence-electron chi connectivity index (χ2n) is 9.83. The molecule has 0 saturated heterocycles. The van der Waals surface area contributed by atoms with Crippen molar-refractivity contribution in [2.24, 2.45) is 0 Å². The maximum absolute atomic E-state index is 6.03. The Bertz CT molecular complexity index is 1550. The van der Waals surface area contributed by atoms with Crippen LogP contribution in [-0.4, -0.2) is 32.3 Å². The Balaban J connectivity index is 1.33. The molecule has 42 heavy (non-hydrogen) atoms. The molecule has 0 amide bonds. The minimum Gasteiger partial charge on any atom is -0.492 e. The molecule has 208 valence electrons. The summed E-state index contributed by atoms with van der Waals surface area (Å²) in [4.78, 5) is 8.19. The van der Waals surface area contributed by atoms with Crippen molar-refractivity contribution in [2.75, 3.05) is 13.2 Å². The third-order valence-corrected chi connectivity index (χ3v) is 7.02. The molecule has 6 rings (SSSR count). The number of ether oxygens (including phenoxy) is 2. The number of imidazole rings is 2. The highest BCUT2D eigenvalue weighted by atomic mass is 16.5. The number of nitrogens with zero attached hydrogens (tertiary/aromatic N) is 4. The lowest BCUT2D eigenvalue weighted by atomic mass is 9.86. The third-order valence-electron chi connectivity index (χ3n) is 7.02. The summed E-state index contributed by atoms with van der Waals surface area (Å²) in [5.41, 5.74) is 6.82. The summed E-state index contributed by atoms with van der Waals surface area (Å²) in [7, 11) is 0. The van der Waals surface area contributed by atoms with Gasteiger partial charge in [-0.15, -0.1) is 0 Å². The Morgan fingerprint density at radius 2 is 0.857 bits per heavy atom. The number of rotatable bonds is 12. The molecular formula is C36H32N4O2. The standard InChI is InChI=1S/C36H32N4O2/c1-3-7-29(8-4-1)35(31-11-15-33(16-12-31)41-25-23-39-21-19-37-27-39)36(30-9-5-2-6-10-30)32-13-17-34(18-14-32)42-26-24-40-22-20-38-28-40/h1-22,27-28H,23-26H2/b36-35+. The van der Waals surface area contributed by atoms with Gasteiger partial charge in [0.2, 0.25) is 0 Å². The normalized spacial score (nSPS) is 11.6. The van der Waals surface area contributed by atoms with E-state index in [2.05, 4.69) is 94.9 Å². The fraction of sp³-hybridized carbons (Fsp3) is 0.111. The van der Waals surface area contributed by atoms with Gasteiger partial charge in [0.05, 0.1) is 25.7 Å². The first kappa shape index (κ1) is 26.8. The molecule has 0 fully saturated rings. The van der Waals surface area contributed by atoms with Crippen LogP contribution in [0.2, 0.25) is 0 Å². The highest BCUT2D eigenvalue weighted by molar-refractivity contribution is 6.04. The molecule has 0 atom stereocenters. The van der Waals surface area contributed by atoms with Crippen molar-refractivity contribution < 1.29 is 9.47 Å². The van der Waals surface area contributed by atoms with Crippen molar-refractivity contribution in [3.63, 3.8) is 0 Å². The predicted molar refractivity (Wildman–Crippen MR) is 166 cm³/mol. The molecule has 0 N–H and O–H groups in total. The second kappa shape index (κ2) is 13.3. The summed E-state index contributed by atoms with van der Waals surface area (Å²) in [5.74, 6) is 1.68. The van der Waals surface area contributed by atoms with E-state index in [1.165, 1.54) is 0 Å². The number of hydrogen-bond donors (Lipinski definition) is 0. The molecule has 6 nitrogen and oxygen atoms in total. The van der Waals surface area contributed by atoms with Gasteiger partial charge in [0.1, 0.15) is 24.7 Å². The summed E-state index contributed by atoms with van der Waals surface area (Å²) in [6.07, 6.45) is 11.0. The molecule has 0 saturated carbocycles. The Morgan fingerprint density at radius 1 is 0.476 bits per heavy atom. The van der Waals surface area contributed by atoms with Crippen LogP contribution in [-0.2, 0) is 13.1 Å². The number of aromatic nitrogens is 4. The minimum atomic E-state index is 0.573. The fourth-order valence-corrected chi connectivity index (χ4v) is 4.93. The van der Waals surface area contributed by atoms with Gasteiger partial charge in [-0.25, -0.2) is 9.97 Å². The van der Waals surface area contributed by atoms with Crippen LogP contribution in [0, 0.1) is 0 Å². The predicted octanol–water partition coefficient (Wildman–Crippen LogP) is 7.25. The van der Waals surface area contributed by atoms with Crippen LogP contribution in [0.5, 0.6) is 11.5 Å². The lowest BCUT2D eigenvalue weighted by molar-refractivity contribution is 0.298. The molecule has 2 aromatic heterocycles. The third kappa shape index (κ3) is 6.67. The van der Waals surface area contributed by atoms with E-state index in [9.17, 15) is 0 Å². The quantitative estimate of drug-likeness (QED) is 0.150. The van der Waals surface area contributed by atoms with E-state index in [0.717, 1.165) is 58.0 Å². The van der Waals surface area contributed by atoms with Crippen LogP contribution in [0.3, 0.4) is 0 Å². The van der Waals surface area contributed by atoms with Crippen LogP contribution in [0.4, 0.5) is 0 Å². The summed E-state index contributed by atoms with van der Waals surface area (Å²) < 4.78 is 16.1. The molecule has 2 heterocycles. The molecular weight excluding hydrogens is 520 g/mol. The molecule has 6 aromatic rings. The van der Waals surface area contributed by atoms with E-state index in [-0.39, 0.29) is 0 Å². The molecule has 0 aliphatic carbocycles. The Kier molecular flexibility index (Phi) is 8.52. The Morgan fingerprint density at radius 3 is 1.21 bits per heavy atom. The number of benzene rings is 4. The van der Waals surface area contributed by atoms with Gasteiger partial charge in [-0.05, 0) is 57.7 Å². The largest absolute Gasteiger partial charge is 0.492 e. The SMILES string of the molecule is c1ccc(/C(=C(/c2ccccc2)c2ccc(OCCn3ccnc3)cc2)c2ccc(OCCn3ccnc3)cc2)cc1. The average Bonchev–Trinajstić information content (AvgIpc) is 3.77. The Labute approximate surface area is 246 Å². The van der Waals surface area contributed by atoms with E-state index in [1.54, 1.807) is 25.0 Å².